The molecular formula is C17H27NO3S. The van der Waals surface area contributed by atoms with Crippen LogP contribution in [0.5, 0.6) is 0 Å². The van der Waals surface area contributed by atoms with E-state index >= 15 is 0 Å². The molecule has 0 saturated heterocycles. The fraction of sp³-hybridized carbons (Fsp3) is 0.588. The summed E-state index contributed by atoms with van der Waals surface area (Å²) in [6, 6.07) is 6.92. The van der Waals surface area contributed by atoms with Crippen molar-refractivity contribution in [2.75, 3.05) is 6.26 Å². The summed E-state index contributed by atoms with van der Waals surface area (Å²) in [6.45, 7) is 6.38. The van der Waals surface area contributed by atoms with Crippen LogP contribution >= 0.6 is 0 Å². The normalized spacial score (nSPS) is 13.1. The van der Waals surface area contributed by atoms with Crippen molar-refractivity contribution in [1.29, 1.82) is 0 Å². The highest BCUT2D eigenvalue weighted by molar-refractivity contribution is 7.89. The zero-order chi connectivity index (χ0) is 16.8. The number of benzene rings is 1. The van der Waals surface area contributed by atoms with Crippen molar-refractivity contribution in [3.05, 3.63) is 35.4 Å². The molecule has 1 rings (SSSR count). The van der Waals surface area contributed by atoms with Gasteiger partial charge in [0, 0.05) is 17.9 Å². The molecule has 1 aromatic carbocycles. The van der Waals surface area contributed by atoms with Gasteiger partial charge in [0.25, 0.3) is 5.91 Å². The molecule has 0 fully saturated rings. The number of sulfone groups is 1. The summed E-state index contributed by atoms with van der Waals surface area (Å²) >= 11 is 0. The van der Waals surface area contributed by atoms with Crippen LogP contribution in [0, 0.1) is 5.92 Å². The molecule has 0 aromatic heterocycles. The number of hydrogen-bond donors (Lipinski definition) is 1. The average molecular weight is 325 g/mol. The third-order valence-electron chi connectivity index (χ3n) is 3.41. The Kier molecular flexibility index (Phi) is 7.07. The Bertz CT molecular complexity index is 594. The van der Waals surface area contributed by atoms with E-state index < -0.39 is 9.84 Å². The maximum atomic E-state index is 12.2. The number of hydrogen-bond acceptors (Lipinski definition) is 3. The minimum Gasteiger partial charge on any atom is -0.350 e. The first kappa shape index (κ1) is 18.7. The van der Waals surface area contributed by atoms with Crippen LogP contribution in [-0.2, 0) is 15.6 Å². The minimum absolute atomic E-state index is 0.0436. The predicted octanol–water partition coefficient (Wildman–Crippen LogP) is 3.18. The summed E-state index contributed by atoms with van der Waals surface area (Å²) < 4.78 is 22.7. The molecular weight excluding hydrogens is 298 g/mol. The average Bonchev–Trinajstić information content (AvgIpc) is 2.36. The van der Waals surface area contributed by atoms with Gasteiger partial charge in [-0.25, -0.2) is 8.42 Å². The first-order valence-corrected chi connectivity index (χ1v) is 9.81. The SMILES string of the molecule is CC(C)CCC[C@@H](C)NC(=O)c1cccc(CS(C)(=O)=O)c1. The smallest absolute Gasteiger partial charge is 0.251 e. The van der Waals surface area contributed by atoms with Crippen molar-refractivity contribution < 1.29 is 13.2 Å². The summed E-state index contributed by atoms with van der Waals surface area (Å²) in [7, 11) is -3.09. The van der Waals surface area contributed by atoms with Gasteiger partial charge in [0.15, 0.2) is 9.84 Å². The van der Waals surface area contributed by atoms with E-state index in [0.717, 1.165) is 19.3 Å². The van der Waals surface area contributed by atoms with Crippen LogP contribution in [-0.4, -0.2) is 26.6 Å². The van der Waals surface area contributed by atoms with Crippen LogP contribution in [0.2, 0.25) is 0 Å². The Morgan fingerprint density at radius 3 is 2.45 bits per heavy atom. The Morgan fingerprint density at radius 2 is 1.86 bits per heavy atom. The van der Waals surface area contributed by atoms with Gasteiger partial charge in [-0.05, 0) is 37.0 Å². The molecule has 0 unspecified atom stereocenters. The van der Waals surface area contributed by atoms with Crippen LogP contribution in [0.3, 0.4) is 0 Å². The van der Waals surface area contributed by atoms with Crippen LogP contribution < -0.4 is 5.32 Å². The van der Waals surface area contributed by atoms with E-state index in [1.165, 1.54) is 6.26 Å². The number of carbonyl (C=O) groups is 1. The zero-order valence-electron chi connectivity index (χ0n) is 13.9. The van der Waals surface area contributed by atoms with Crippen LogP contribution in [0.15, 0.2) is 24.3 Å². The van der Waals surface area contributed by atoms with Crippen LogP contribution in [0.4, 0.5) is 0 Å². The Labute approximate surface area is 134 Å². The van der Waals surface area contributed by atoms with E-state index in [-0.39, 0.29) is 17.7 Å². The summed E-state index contributed by atoms with van der Waals surface area (Å²) in [5, 5.41) is 2.97. The van der Waals surface area contributed by atoms with Gasteiger partial charge in [-0.1, -0.05) is 38.8 Å². The largest absolute Gasteiger partial charge is 0.350 e. The third-order valence-corrected chi connectivity index (χ3v) is 4.27. The lowest BCUT2D eigenvalue weighted by atomic mass is 10.0. The number of amides is 1. The lowest BCUT2D eigenvalue weighted by Crippen LogP contribution is -2.32. The second kappa shape index (κ2) is 8.32. The maximum Gasteiger partial charge on any atom is 0.251 e. The highest BCUT2D eigenvalue weighted by Crippen LogP contribution is 2.11. The topological polar surface area (TPSA) is 63.2 Å². The van der Waals surface area contributed by atoms with Crippen molar-refractivity contribution >= 4 is 15.7 Å². The van der Waals surface area contributed by atoms with Gasteiger partial charge >= 0.3 is 0 Å². The van der Waals surface area contributed by atoms with E-state index in [4.69, 9.17) is 0 Å². The lowest BCUT2D eigenvalue weighted by Gasteiger charge is -2.15. The molecule has 0 radical (unpaired) electrons. The second-order valence-electron chi connectivity index (χ2n) is 6.47. The van der Waals surface area contributed by atoms with Crippen molar-refractivity contribution in [3.8, 4) is 0 Å². The highest BCUT2D eigenvalue weighted by Gasteiger charge is 2.12. The van der Waals surface area contributed by atoms with Gasteiger partial charge in [-0.15, -0.1) is 0 Å². The molecule has 0 heterocycles. The van der Waals surface area contributed by atoms with Crippen molar-refractivity contribution in [1.82, 2.24) is 5.32 Å². The number of carbonyl (C=O) groups excluding carboxylic acids is 1. The van der Waals surface area contributed by atoms with E-state index in [1.807, 2.05) is 6.92 Å². The summed E-state index contributed by atoms with van der Waals surface area (Å²) in [5.74, 6) is 0.487. The van der Waals surface area contributed by atoms with E-state index in [2.05, 4.69) is 19.2 Å². The molecule has 1 aromatic rings. The predicted molar refractivity (Wildman–Crippen MR) is 90.6 cm³/mol. The molecule has 0 aliphatic heterocycles. The number of rotatable bonds is 8. The molecule has 1 N–H and O–H groups in total. The van der Waals surface area contributed by atoms with Crippen LogP contribution in [0.1, 0.15) is 56.0 Å². The van der Waals surface area contributed by atoms with Crippen molar-refractivity contribution in [2.24, 2.45) is 5.92 Å². The zero-order valence-corrected chi connectivity index (χ0v) is 14.7. The monoisotopic (exact) mass is 325 g/mol. The van der Waals surface area contributed by atoms with Crippen LogP contribution in [0.25, 0.3) is 0 Å². The van der Waals surface area contributed by atoms with Crippen molar-refractivity contribution in [2.45, 2.75) is 51.8 Å². The minimum atomic E-state index is -3.09. The summed E-state index contributed by atoms with van der Waals surface area (Å²) in [6.07, 6.45) is 4.39. The maximum absolute atomic E-state index is 12.2. The summed E-state index contributed by atoms with van der Waals surface area (Å²) in [5.41, 5.74) is 1.15. The van der Waals surface area contributed by atoms with E-state index in [9.17, 15) is 13.2 Å². The van der Waals surface area contributed by atoms with Gasteiger partial charge in [0.2, 0.25) is 0 Å². The Balaban J connectivity index is 2.60. The molecule has 124 valence electrons. The quantitative estimate of drug-likeness (QED) is 0.798. The Hall–Kier alpha value is -1.36. The second-order valence-corrected chi connectivity index (χ2v) is 8.61. The molecule has 0 aliphatic carbocycles. The van der Waals surface area contributed by atoms with E-state index in [1.54, 1.807) is 24.3 Å². The van der Waals surface area contributed by atoms with Gasteiger partial charge in [0.05, 0.1) is 5.75 Å². The highest BCUT2D eigenvalue weighted by atomic mass is 32.2. The molecule has 0 spiro atoms. The molecule has 4 nitrogen and oxygen atoms in total. The van der Waals surface area contributed by atoms with Crippen molar-refractivity contribution in [3.63, 3.8) is 0 Å². The lowest BCUT2D eigenvalue weighted by molar-refractivity contribution is 0.0937. The van der Waals surface area contributed by atoms with Gasteiger partial charge in [0.1, 0.15) is 0 Å². The van der Waals surface area contributed by atoms with Gasteiger partial charge < -0.3 is 5.32 Å². The molecule has 0 aliphatic rings. The molecule has 5 heteroatoms. The standard InChI is InChI=1S/C17H27NO3S/c1-13(2)7-5-8-14(3)18-17(19)16-10-6-9-15(11-16)12-22(4,20)21/h6,9-11,13-14H,5,7-8,12H2,1-4H3,(H,18,19)/t14-/m1/s1. The van der Waals surface area contributed by atoms with Gasteiger partial charge in [-0.2, -0.15) is 0 Å². The Morgan fingerprint density at radius 1 is 1.18 bits per heavy atom. The molecule has 1 amide bonds. The molecule has 0 saturated carbocycles. The van der Waals surface area contributed by atoms with E-state index in [0.29, 0.717) is 17.0 Å². The third kappa shape index (κ3) is 7.59. The fourth-order valence-electron chi connectivity index (χ4n) is 2.32. The molecule has 1 atom stereocenters. The molecule has 22 heavy (non-hydrogen) atoms. The molecule has 0 bridgehead atoms. The first-order valence-electron chi connectivity index (χ1n) is 7.75. The first-order chi connectivity index (χ1) is 10.2. The summed E-state index contributed by atoms with van der Waals surface area (Å²) in [4.78, 5) is 12.2. The number of nitrogens with one attached hydrogen (secondary N) is 1. The fourth-order valence-corrected chi connectivity index (χ4v) is 3.10. The van der Waals surface area contributed by atoms with Gasteiger partial charge in [-0.3, -0.25) is 4.79 Å².